The lowest BCUT2D eigenvalue weighted by Crippen LogP contribution is -1.95. The summed E-state index contributed by atoms with van der Waals surface area (Å²) in [4.78, 5) is 3.99. The highest BCUT2D eigenvalue weighted by Crippen LogP contribution is 2.27. The molecular weight excluding hydrogens is 275 g/mol. The van der Waals surface area contributed by atoms with Crippen LogP contribution in [0.4, 0.5) is 10.1 Å². The number of rotatable bonds is 2. The van der Waals surface area contributed by atoms with Crippen LogP contribution in [-0.4, -0.2) is 4.98 Å². The largest absolute Gasteiger partial charge is 0.437 e. The van der Waals surface area contributed by atoms with Crippen molar-refractivity contribution in [2.45, 2.75) is 0 Å². The summed E-state index contributed by atoms with van der Waals surface area (Å²) in [6, 6.07) is 7.46. The number of nitrogens with zero attached hydrogens (tertiary/aromatic N) is 1. The van der Waals surface area contributed by atoms with Crippen molar-refractivity contribution >= 4 is 21.6 Å². The van der Waals surface area contributed by atoms with Gasteiger partial charge in [0.25, 0.3) is 0 Å². The topological polar surface area (TPSA) is 48.1 Å². The molecule has 2 N–H and O–H groups in total. The number of halogens is 2. The maximum Gasteiger partial charge on any atom is 0.242 e. The molecule has 2 aromatic rings. The molecule has 0 radical (unpaired) electrons. The second kappa shape index (κ2) is 4.49. The van der Waals surface area contributed by atoms with Gasteiger partial charge in [-0.05, 0) is 34.1 Å². The Bertz CT molecular complexity index is 519. The van der Waals surface area contributed by atoms with E-state index >= 15 is 0 Å². The first-order chi connectivity index (χ1) is 7.65. The minimum atomic E-state index is -0.367. The SMILES string of the molecule is Nc1cc(Br)cnc1Oc1cccc(F)c1. The first kappa shape index (κ1) is 10.9. The number of pyridine rings is 1. The molecule has 0 aliphatic rings. The van der Waals surface area contributed by atoms with E-state index in [1.165, 1.54) is 12.1 Å². The van der Waals surface area contributed by atoms with Gasteiger partial charge < -0.3 is 10.5 Å². The van der Waals surface area contributed by atoms with Gasteiger partial charge in [0.1, 0.15) is 11.6 Å². The van der Waals surface area contributed by atoms with Crippen LogP contribution in [0.3, 0.4) is 0 Å². The third-order valence-electron chi connectivity index (χ3n) is 1.86. The summed E-state index contributed by atoms with van der Waals surface area (Å²) in [6.45, 7) is 0. The van der Waals surface area contributed by atoms with E-state index in [1.54, 1.807) is 24.4 Å². The molecule has 2 rings (SSSR count). The monoisotopic (exact) mass is 282 g/mol. The molecule has 0 amide bonds. The summed E-state index contributed by atoms with van der Waals surface area (Å²) in [5.74, 6) is 0.253. The summed E-state index contributed by atoms with van der Waals surface area (Å²) < 4.78 is 19.0. The second-order valence-corrected chi connectivity index (χ2v) is 4.02. The fraction of sp³-hybridized carbons (Fsp3) is 0. The van der Waals surface area contributed by atoms with Crippen LogP contribution >= 0.6 is 15.9 Å². The van der Waals surface area contributed by atoms with Crippen LogP contribution in [0.25, 0.3) is 0 Å². The van der Waals surface area contributed by atoms with Crippen molar-refractivity contribution in [1.82, 2.24) is 4.98 Å². The predicted molar refractivity (Wildman–Crippen MR) is 62.8 cm³/mol. The van der Waals surface area contributed by atoms with Gasteiger partial charge in [-0.2, -0.15) is 0 Å². The van der Waals surface area contributed by atoms with Gasteiger partial charge in [-0.25, -0.2) is 9.37 Å². The summed E-state index contributed by atoms with van der Waals surface area (Å²) in [5.41, 5.74) is 6.08. The Kier molecular flexibility index (Phi) is 3.05. The highest BCUT2D eigenvalue weighted by atomic mass is 79.9. The van der Waals surface area contributed by atoms with Crippen LogP contribution in [-0.2, 0) is 0 Å². The van der Waals surface area contributed by atoms with Crippen molar-refractivity contribution in [2.75, 3.05) is 5.73 Å². The molecule has 0 fully saturated rings. The highest BCUT2D eigenvalue weighted by molar-refractivity contribution is 9.10. The predicted octanol–water partition coefficient (Wildman–Crippen LogP) is 3.36. The van der Waals surface area contributed by atoms with Crippen molar-refractivity contribution in [3.05, 3.63) is 46.8 Å². The maximum absolute atomic E-state index is 12.9. The zero-order valence-electron chi connectivity index (χ0n) is 8.15. The molecule has 0 saturated heterocycles. The van der Waals surface area contributed by atoms with Gasteiger partial charge in [0, 0.05) is 16.7 Å². The lowest BCUT2D eigenvalue weighted by molar-refractivity contribution is 0.460. The molecule has 0 saturated carbocycles. The van der Waals surface area contributed by atoms with E-state index in [0.717, 1.165) is 4.47 Å². The molecule has 0 spiro atoms. The van der Waals surface area contributed by atoms with E-state index in [2.05, 4.69) is 20.9 Å². The molecule has 82 valence electrons. The third kappa shape index (κ3) is 2.49. The number of nitrogens with two attached hydrogens (primary N) is 1. The Balaban J connectivity index is 2.27. The lowest BCUT2D eigenvalue weighted by Gasteiger charge is -2.07. The van der Waals surface area contributed by atoms with E-state index < -0.39 is 0 Å². The zero-order chi connectivity index (χ0) is 11.5. The van der Waals surface area contributed by atoms with Crippen molar-refractivity contribution in [3.63, 3.8) is 0 Å². The smallest absolute Gasteiger partial charge is 0.242 e. The average molecular weight is 283 g/mol. The number of nitrogen functional groups attached to an aromatic ring is 1. The first-order valence-electron chi connectivity index (χ1n) is 4.49. The summed E-state index contributed by atoms with van der Waals surface area (Å²) in [6.07, 6.45) is 1.56. The molecule has 1 aromatic carbocycles. The van der Waals surface area contributed by atoms with Crippen molar-refractivity contribution < 1.29 is 9.13 Å². The number of aromatic nitrogens is 1. The van der Waals surface area contributed by atoms with E-state index in [9.17, 15) is 4.39 Å². The number of ether oxygens (including phenoxy) is 1. The van der Waals surface area contributed by atoms with Gasteiger partial charge in [0.15, 0.2) is 0 Å². The maximum atomic E-state index is 12.9. The normalized spacial score (nSPS) is 10.1. The Hall–Kier alpha value is -1.62. The van der Waals surface area contributed by atoms with Crippen molar-refractivity contribution in [3.8, 4) is 11.6 Å². The molecular formula is C11H8BrFN2O. The van der Waals surface area contributed by atoms with Gasteiger partial charge in [-0.15, -0.1) is 0 Å². The van der Waals surface area contributed by atoms with Crippen LogP contribution in [0.2, 0.25) is 0 Å². The van der Waals surface area contributed by atoms with Crippen LogP contribution in [0.1, 0.15) is 0 Å². The lowest BCUT2D eigenvalue weighted by atomic mass is 10.3. The molecule has 0 aliphatic carbocycles. The van der Waals surface area contributed by atoms with Gasteiger partial charge in [0.2, 0.25) is 5.88 Å². The van der Waals surface area contributed by atoms with Gasteiger partial charge in [-0.3, -0.25) is 0 Å². The van der Waals surface area contributed by atoms with Gasteiger partial charge >= 0.3 is 0 Å². The standard InChI is InChI=1S/C11H8BrFN2O/c12-7-4-10(14)11(15-6-7)16-9-3-1-2-8(13)5-9/h1-6H,14H2. The second-order valence-electron chi connectivity index (χ2n) is 3.11. The molecule has 3 nitrogen and oxygen atoms in total. The molecule has 1 heterocycles. The van der Waals surface area contributed by atoms with Crippen LogP contribution in [0.15, 0.2) is 41.0 Å². The zero-order valence-corrected chi connectivity index (χ0v) is 9.74. The van der Waals surface area contributed by atoms with E-state index in [-0.39, 0.29) is 11.7 Å². The van der Waals surface area contributed by atoms with Crippen LogP contribution < -0.4 is 10.5 Å². The number of benzene rings is 1. The Morgan fingerprint density at radius 2 is 2.12 bits per heavy atom. The van der Waals surface area contributed by atoms with Crippen LogP contribution in [0.5, 0.6) is 11.6 Å². The van der Waals surface area contributed by atoms with Gasteiger partial charge in [-0.1, -0.05) is 6.07 Å². The highest BCUT2D eigenvalue weighted by Gasteiger charge is 2.04. The molecule has 1 aromatic heterocycles. The summed E-state index contributed by atoms with van der Waals surface area (Å²) >= 11 is 3.24. The first-order valence-corrected chi connectivity index (χ1v) is 5.29. The number of hydrogen-bond acceptors (Lipinski definition) is 3. The molecule has 5 heteroatoms. The molecule has 0 unspecified atom stereocenters. The minimum Gasteiger partial charge on any atom is -0.437 e. The fourth-order valence-electron chi connectivity index (χ4n) is 1.17. The minimum absolute atomic E-state index is 0.258. The Morgan fingerprint density at radius 1 is 1.31 bits per heavy atom. The summed E-state index contributed by atoms with van der Waals surface area (Å²) in [5, 5.41) is 0. The molecule has 0 aliphatic heterocycles. The third-order valence-corrected chi connectivity index (χ3v) is 2.29. The van der Waals surface area contributed by atoms with Crippen molar-refractivity contribution in [2.24, 2.45) is 0 Å². The Labute approximate surface area is 100 Å². The molecule has 16 heavy (non-hydrogen) atoms. The van der Waals surface area contributed by atoms with E-state index in [4.69, 9.17) is 10.5 Å². The molecule has 0 atom stereocenters. The van der Waals surface area contributed by atoms with E-state index in [1.807, 2.05) is 0 Å². The summed E-state index contributed by atoms with van der Waals surface area (Å²) in [7, 11) is 0. The average Bonchev–Trinajstić information content (AvgIpc) is 2.22. The van der Waals surface area contributed by atoms with Gasteiger partial charge in [0.05, 0.1) is 5.69 Å². The fourth-order valence-corrected chi connectivity index (χ4v) is 1.52. The number of hydrogen-bond donors (Lipinski definition) is 1. The quantitative estimate of drug-likeness (QED) is 0.919. The van der Waals surface area contributed by atoms with E-state index in [0.29, 0.717) is 11.4 Å². The number of anilines is 1. The van der Waals surface area contributed by atoms with Crippen molar-refractivity contribution in [1.29, 1.82) is 0 Å². The Morgan fingerprint density at radius 3 is 2.81 bits per heavy atom. The molecule has 0 bridgehead atoms. The van der Waals surface area contributed by atoms with Crippen LogP contribution in [0, 0.1) is 5.82 Å².